The van der Waals surface area contributed by atoms with E-state index < -0.39 is 0 Å². The highest BCUT2D eigenvalue weighted by Crippen LogP contribution is 2.33. The minimum Gasteiger partial charge on any atom is -0.508 e. The van der Waals surface area contributed by atoms with Crippen LogP contribution in [0.5, 0.6) is 5.75 Å². The van der Waals surface area contributed by atoms with Crippen LogP contribution in [-0.2, 0) is 4.79 Å². The van der Waals surface area contributed by atoms with Gasteiger partial charge in [-0.25, -0.2) is 0 Å². The number of benzene rings is 1. The van der Waals surface area contributed by atoms with Gasteiger partial charge in [0.15, 0.2) is 0 Å². The number of hydrogen-bond donors (Lipinski definition) is 2. The Balaban J connectivity index is 2.20. The summed E-state index contributed by atoms with van der Waals surface area (Å²) >= 11 is 0. The molecule has 0 spiro atoms. The van der Waals surface area contributed by atoms with Crippen LogP contribution in [0.3, 0.4) is 0 Å². The Morgan fingerprint density at radius 2 is 2.22 bits per heavy atom. The highest BCUT2D eigenvalue weighted by atomic mass is 16.3. The summed E-state index contributed by atoms with van der Waals surface area (Å²) in [6.45, 7) is 2.93. The molecule has 1 aromatic carbocycles. The lowest BCUT2D eigenvalue weighted by atomic mass is 10.0. The van der Waals surface area contributed by atoms with Crippen LogP contribution in [0, 0.1) is 0 Å². The van der Waals surface area contributed by atoms with E-state index in [9.17, 15) is 9.90 Å². The molecule has 2 atom stereocenters. The molecule has 1 saturated heterocycles. The number of likely N-dealkylation sites (N-methyl/N-ethyl adjacent to an activating group) is 1. The largest absolute Gasteiger partial charge is 0.508 e. The van der Waals surface area contributed by atoms with Gasteiger partial charge in [0.05, 0.1) is 6.04 Å². The molecule has 1 aromatic rings. The van der Waals surface area contributed by atoms with Crippen LogP contribution in [0.1, 0.15) is 31.4 Å². The monoisotopic (exact) mass is 248 g/mol. The molecule has 4 nitrogen and oxygen atoms in total. The highest BCUT2D eigenvalue weighted by molar-refractivity contribution is 5.81. The van der Waals surface area contributed by atoms with Gasteiger partial charge in [-0.2, -0.15) is 0 Å². The number of phenolic OH excluding ortho intramolecular Hbond substituents is 1. The summed E-state index contributed by atoms with van der Waals surface area (Å²) in [4.78, 5) is 14.0. The topological polar surface area (TPSA) is 52.6 Å². The summed E-state index contributed by atoms with van der Waals surface area (Å²) in [5.74, 6) is 0.363. The molecule has 2 N–H and O–H groups in total. The standard InChI is InChI=1S/C14H20N2O2/c1-10(11-6-3-4-8-13(11)17)16-9-5-7-12(16)14(18)15-2/h3-4,6,8,10,12,17H,5,7,9H2,1-2H3,(H,15,18). The number of para-hydroxylation sites is 1. The van der Waals surface area contributed by atoms with Crippen LogP contribution >= 0.6 is 0 Å². The minimum atomic E-state index is -0.0791. The third kappa shape index (κ3) is 2.34. The van der Waals surface area contributed by atoms with Gasteiger partial charge in [0.2, 0.25) is 5.91 Å². The van der Waals surface area contributed by atoms with Gasteiger partial charge < -0.3 is 10.4 Å². The number of hydrogen-bond acceptors (Lipinski definition) is 3. The van der Waals surface area contributed by atoms with Gasteiger partial charge in [0.1, 0.15) is 5.75 Å². The second-order valence-corrected chi connectivity index (χ2v) is 4.74. The maximum atomic E-state index is 11.8. The van der Waals surface area contributed by atoms with Crippen molar-refractivity contribution in [2.75, 3.05) is 13.6 Å². The van der Waals surface area contributed by atoms with Crippen molar-refractivity contribution in [3.05, 3.63) is 29.8 Å². The lowest BCUT2D eigenvalue weighted by molar-refractivity contribution is -0.125. The molecule has 98 valence electrons. The lowest BCUT2D eigenvalue weighted by Gasteiger charge is -2.30. The lowest BCUT2D eigenvalue weighted by Crippen LogP contribution is -2.42. The normalized spacial score (nSPS) is 21.8. The van der Waals surface area contributed by atoms with Crippen molar-refractivity contribution in [1.82, 2.24) is 10.2 Å². The molecule has 4 heteroatoms. The fourth-order valence-corrected chi connectivity index (χ4v) is 2.72. The van der Waals surface area contributed by atoms with E-state index in [-0.39, 0.29) is 18.0 Å². The van der Waals surface area contributed by atoms with Crippen LogP contribution in [-0.4, -0.2) is 35.5 Å². The molecule has 0 radical (unpaired) electrons. The summed E-state index contributed by atoms with van der Waals surface area (Å²) < 4.78 is 0. The number of carbonyl (C=O) groups is 1. The summed E-state index contributed by atoms with van der Waals surface area (Å²) in [7, 11) is 1.67. The number of rotatable bonds is 3. The van der Waals surface area contributed by atoms with Crippen molar-refractivity contribution in [2.24, 2.45) is 0 Å². The van der Waals surface area contributed by atoms with E-state index in [2.05, 4.69) is 10.2 Å². The Morgan fingerprint density at radius 1 is 1.50 bits per heavy atom. The number of phenols is 1. The predicted octanol–water partition coefficient (Wildman–Crippen LogP) is 1.66. The first kappa shape index (κ1) is 12.9. The first-order chi connectivity index (χ1) is 8.65. The molecule has 1 aliphatic rings. The van der Waals surface area contributed by atoms with Gasteiger partial charge in [-0.15, -0.1) is 0 Å². The zero-order valence-corrected chi connectivity index (χ0v) is 10.9. The number of nitrogens with zero attached hydrogens (tertiary/aromatic N) is 1. The molecule has 1 heterocycles. The quantitative estimate of drug-likeness (QED) is 0.855. The zero-order valence-electron chi connectivity index (χ0n) is 10.9. The van der Waals surface area contributed by atoms with Crippen molar-refractivity contribution < 1.29 is 9.90 Å². The molecule has 2 rings (SSSR count). The van der Waals surface area contributed by atoms with Crippen LogP contribution in [0.2, 0.25) is 0 Å². The van der Waals surface area contributed by atoms with Crippen molar-refractivity contribution in [2.45, 2.75) is 31.8 Å². The van der Waals surface area contributed by atoms with Crippen molar-refractivity contribution in [3.63, 3.8) is 0 Å². The minimum absolute atomic E-state index is 0.0519. The smallest absolute Gasteiger partial charge is 0.237 e. The number of nitrogens with one attached hydrogen (secondary N) is 1. The Kier molecular flexibility index (Phi) is 3.87. The average molecular weight is 248 g/mol. The Bertz CT molecular complexity index is 434. The second kappa shape index (κ2) is 5.40. The zero-order chi connectivity index (χ0) is 13.1. The van der Waals surface area contributed by atoms with Crippen LogP contribution in [0.25, 0.3) is 0 Å². The molecule has 1 amide bonds. The molecule has 0 aromatic heterocycles. The van der Waals surface area contributed by atoms with Crippen molar-refractivity contribution in [1.29, 1.82) is 0 Å². The molecule has 0 aliphatic carbocycles. The first-order valence-corrected chi connectivity index (χ1v) is 6.40. The van der Waals surface area contributed by atoms with E-state index in [1.165, 1.54) is 0 Å². The molecule has 1 fully saturated rings. The number of aromatic hydroxyl groups is 1. The van der Waals surface area contributed by atoms with Gasteiger partial charge in [0.25, 0.3) is 0 Å². The van der Waals surface area contributed by atoms with Crippen molar-refractivity contribution in [3.8, 4) is 5.75 Å². The van der Waals surface area contributed by atoms with Gasteiger partial charge in [0, 0.05) is 18.7 Å². The van der Waals surface area contributed by atoms with E-state index in [1.54, 1.807) is 13.1 Å². The Labute approximate surface area is 108 Å². The molecule has 2 unspecified atom stereocenters. The summed E-state index contributed by atoms with van der Waals surface area (Å²) in [6.07, 6.45) is 1.91. The number of carbonyl (C=O) groups excluding carboxylic acids is 1. The van der Waals surface area contributed by atoms with E-state index in [0.717, 1.165) is 24.9 Å². The van der Waals surface area contributed by atoms with Crippen LogP contribution in [0.15, 0.2) is 24.3 Å². The Morgan fingerprint density at radius 3 is 2.89 bits per heavy atom. The second-order valence-electron chi connectivity index (χ2n) is 4.74. The molecular formula is C14H20N2O2. The molecule has 18 heavy (non-hydrogen) atoms. The van der Waals surface area contributed by atoms with Crippen molar-refractivity contribution >= 4 is 5.91 Å². The highest BCUT2D eigenvalue weighted by Gasteiger charge is 2.34. The van der Waals surface area contributed by atoms with E-state index >= 15 is 0 Å². The van der Waals surface area contributed by atoms with E-state index in [4.69, 9.17) is 0 Å². The van der Waals surface area contributed by atoms with Crippen LogP contribution in [0.4, 0.5) is 0 Å². The van der Waals surface area contributed by atoms with Gasteiger partial charge >= 0.3 is 0 Å². The average Bonchev–Trinajstić information content (AvgIpc) is 2.86. The Hall–Kier alpha value is -1.55. The third-order valence-electron chi connectivity index (χ3n) is 3.73. The number of amides is 1. The maximum Gasteiger partial charge on any atom is 0.237 e. The maximum absolute atomic E-state index is 11.8. The number of likely N-dealkylation sites (tertiary alicyclic amines) is 1. The predicted molar refractivity (Wildman–Crippen MR) is 70.3 cm³/mol. The SMILES string of the molecule is CNC(=O)C1CCCN1C(C)c1ccccc1O. The fraction of sp³-hybridized carbons (Fsp3) is 0.500. The molecule has 0 bridgehead atoms. The van der Waals surface area contributed by atoms with E-state index in [1.807, 2.05) is 25.1 Å². The molecule has 1 aliphatic heterocycles. The summed E-state index contributed by atoms with van der Waals surface area (Å²) in [5, 5.41) is 12.6. The van der Waals surface area contributed by atoms with Crippen LogP contribution < -0.4 is 5.32 Å². The van der Waals surface area contributed by atoms with Gasteiger partial charge in [-0.3, -0.25) is 9.69 Å². The molecule has 0 saturated carbocycles. The first-order valence-electron chi connectivity index (χ1n) is 6.40. The van der Waals surface area contributed by atoms with Gasteiger partial charge in [-0.05, 0) is 32.4 Å². The van der Waals surface area contributed by atoms with E-state index in [0.29, 0.717) is 5.75 Å². The summed E-state index contributed by atoms with van der Waals surface area (Å²) in [6, 6.07) is 7.30. The fourth-order valence-electron chi connectivity index (χ4n) is 2.72. The van der Waals surface area contributed by atoms with Gasteiger partial charge in [-0.1, -0.05) is 18.2 Å². The summed E-state index contributed by atoms with van der Waals surface area (Å²) in [5.41, 5.74) is 0.883. The molecular weight excluding hydrogens is 228 g/mol. The third-order valence-corrected chi connectivity index (χ3v) is 3.73.